The molecule has 0 spiro atoms. The van der Waals surface area contributed by atoms with Crippen LogP contribution in [0.5, 0.6) is 5.75 Å². The van der Waals surface area contributed by atoms with Gasteiger partial charge in [0.15, 0.2) is 11.0 Å². The van der Waals surface area contributed by atoms with E-state index in [1.54, 1.807) is 13.2 Å². The summed E-state index contributed by atoms with van der Waals surface area (Å²) in [4.78, 5) is 32.2. The average molecular weight is 479 g/mol. The molecule has 9 nitrogen and oxygen atoms in total. The fraction of sp³-hybridized carbons (Fsp3) is 0.292. The second kappa shape index (κ2) is 10.5. The quantitative estimate of drug-likeness (QED) is 0.355. The molecule has 0 radical (unpaired) electrons. The van der Waals surface area contributed by atoms with E-state index in [4.69, 9.17) is 4.74 Å². The Morgan fingerprint density at radius 3 is 2.68 bits per heavy atom. The summed E-state index contributed by atoms with van der Waals surface area (Å²) in [7, 11) is 1.61. The van der Waals surface area contributed by atoms with Gasteiger partial charge in [-0.1, -0.05) is 36.0 Å². The molecule has 2 aromatic heterocycles. The number of amides is 1. The molecule has 0 bridgehead atoms. The molecule has 2 aromatic carbocycles. The van der Waals surface area contributed by atoms with Crippen molar-refractivity contribution in [2.24, 2.45) is 0 Å². The fourth-order valence-corrected chi connectivity index (χ4v) is 4.53. The first kappa shape index (κ1) is 23.5. The van der Waals surface area contributed by atoms with Crippen LogP contribution in [0, 0.1) is 0 Å². The maximum Gasteiger partial charge on any atom is 0.258 e. The Morgan fingerprint density at radius 1 is 1.18 bits per heavy atom. The van der Waals surface area contributed by atoms with Crippen LogP contribution in [0.3, 0.4) is 0 Å². The zero-order valence-electron chi connectivity index (χ0n) is 19.2. The number of nitrogens with zero attached hydrogens (tertiary/aromatic N) is 4. The summed E-state index contributed by atoms with van der Waals surface area (Å²) in [6.07, 6.45) is 0.261. The van der Waals surface area contributed by atoms with Crippen molar-refractivity contribution in [3.63, 3.8) is 0 Å². The Balaban J connectivity index is 1.42. The lowest BCUT2D eigenvalue weighted by Crippen LogP contribution is -2.30. The van der Waals surface area contributed by atoms with Gasteiger partial charge in [0.05, 0.1) is 36.2 Å². The summed E-state index contributed by atoms with van der Waals surface area (Å²) in [5.41, 5.74) is 1.40. The van der Waals surface area contributed by atoms with Crippen LogP contribution in [-0.4, -0.2) is 37.7 Å². The number of aromatic nitrogens is 5. The van der Waals surface area contributed by atoms with Crippen LogP contribution in [0.1, 0.15) is 37.1 Å². The van der Waals surface area contributed by atoms with Crippen LogP contribution in [0.25, 0.3) is 10.9 Å². The minimum atomic E-state index is -0.314. The predicted octanol–water partition coefficient (Wildman–Crippen LogP) is 3.26. The third-order valence-corrected chi connectivity index (χ3v) is 6.33. The first-order valence-electron chi connectivity index (χ1n) is 10.9. The van der Waals surface area contributed by atoms with Crippen molar-refractivity contribution in [3.8, 4) is 5.75 Å². The van der Waals surface area contributed by atoms with Crippen molar-refractivity contribution in [3.05, 3.63) is 76.1 Å². The van der Waals surface area contributed by atoms with Crippen molar-refractivity contribution in [1.29, 1.82) is 0 Å². The lowest BCUT2D eigenvalue weighted by atomic mass is 10.1. The zero-order valence-corrected chi connectivity index (χ0v) is 20.1. The topological polar surface area (TPSA) is 115 Å². The lowest BCUT2D eigenvalue weighted by Gasteiger charge is -2.15. The van der Waals surface area contributed by atoms with Crippen LogP contribution < -0.4 is 15.6 Å². The Kier molecular flexibility index (Phi) is 7.27. The number of hydrogen-bond donors (Lipinski definition) is 2. The van der Waals surface area contributed by atoms with Gasteiger partial charge in [-0.15, -0.1) is 10.2 Å². The predicted molar refractivity (Wildman–Crippen MR) is 131 cm³/mol. The maximum absolute atomic E-state index is 12.6. The molecule has 4 aromatic rings. The SMILES string of the molecule is CCn1c(SCc2nc3ccccc3c(=O)[nH]2)nnc1C(C)NC(=O)Cc1ccc(OC)cc1. The van der Waals surface area contributed by atoms with Crippen LogP contribution in [0.2, 0.25) is 0 Å². The molecule has 0 aliphatic heterocycles. The summed E-state index contributed by atoms with van der Waals surface area (Å²) in [5.74, 6) is 2.34. The van der Waals surface area contributed by atoms with Gasteiger partial charge >= 0.3 is 0 Å². The van der Waals surface area contributed by atoms with Gasteiger partial charge in [-0.2, -0.15) is 0 Å². The molecule has 0 saturated heterocycles. The smallest absolute Gasteiger partial charge is 0.258 e. The van der Waals surface area contributed by atoms with Crippen LogP contribution >= 0.6 is 11.8 Å². The van der Waals surface area contributed by atoms with E-state index in [0.29, 0.717) is 40.0 Å². The highest BCUT2D eigenvalue weighted by atomic mass is 32.2. The molecular weight excluding hydrogens is 452 g/mol. The van der Waals surface area contributed by atoms with Crippen molar-refractivity contribution >= 4 is 28.6 Å². The first-order valence-corrected chi connectivity index (χ1v) is 11.9. The highest BCUT2D eigenvalue weighted by Gasteiger charge is 2.19. The number of thioether (sulfide) groups is 1. The number of methoxy groups -OCH3 is 1. The standard InChI is InChI=1S/C24H26N6O3S/c1-4-30-22(15(2)25-21(31)13-16-9-11-17(33-3)12-10-16)28-29-24(30)34-14-20-26-19-8-6-5-7-18(19)23(32)27-20/h5-12,15H,4,13-14H2,1-3H3,(H,25,31)(H,26,27,32). The molecule has 1 amide bonds. The average Bonchev–Trinajstić information content (AvgIpc) is 3.26. The van der Waals surface area contributed by atoms with E-state index < -0.39 is 0 Å². The van der Waals surface area contributed by atoms with E-state index in [1.807, 2.05) is 60.9 Å². The van der Waals surface area contributed by atoms with E-state index in [-0.39, 0.29) is 23.9 Å². The summed E-state index contributed by atoms with van der Waals surface area (Å²) >= 11 is 1.44. The number of ether oxygens (including phenoxy) is 1. The van der Waals surface area contributed by atoms with Crippen molar-refractivity contribution in [1.82, 2.24) is 30.0 Å². The van der Waals surface area contributed by atoms with Gasteiger partial charge < -0.3 is 19.6 Å². The maximum atomic E-state index is 12.6. The van der Waals surface area contributed by atoms with Crippen LogP contribution in [0.15, 0.2) is 58.5 Å². The number of nitrogens with one attached hydrogen (secondary N) is 2. The molecule has 1 atom stereocenters. The van der Waals surface area contributed by atoms with E-state index in [2.05, 4.69) is 25.5 Å². The Hall–Kier alpha value is -3.66. The normalized spacial score (nSPS) is 12.0. The van der Waals surface area contributed by atoms with Gasteiger partial charge in [0.1, 0.15) is 11.6 Å². The highest BCUT2D eigenvalue weighted by Crippen LogP contribution is 2.23. The largest absolute Gasteiger partial charge is 0.497 e. The minimum absolute atomic E-state index is 0.101. The first-order chi connectivity index (χ1) is 16.5. The van der Waals surface area contributed by atoms with Crippen molar-refractivity contribution < 1.29 is 9.53 Å². The second-order valence-corrected chi connectivity index (χ2v) is 8.66. The number of benzene rings is 2. The van der Waals surface area contributed by atoms with E-state index in [0.717, 1.165) is 11.3 Å². The van der Waals surface area contributed by atoms with Crippen LogP contribution in [-0.2, 0) is 23.5 Å². The van der Waals surface area contributed by atoms with Crippen molar-refractivity contribution in [2.75, 3.05) is 7.11 Å². The minimum Gasteiger partial charge on any atom is -0.497 e. The van der Waals surface area contributed by atoms with E-state index in [9.17, 15) is 9.59 Å². The lowest BCUT2D eigenvalue weighted by molar-refractivity contribution is -0.121. The Morgan fingerprint density at radius 2 is 1.94 bits per heavy atom. The fourth-order valence-electron chi connectivity index (χ4n) is 3.65. The molecule has 0 aliphatic rings. The Labute approximate surface area is 201 Å². The van der Waals surface area contributed by atoms with E-state index in [1.165, 1.54) is 11.8 Å². The highest BCUT2D eigenvalue weighted by molar-refractivity contribution is 7.98. The number of hydrogen-bond acceptors (Lipinski definition) is 7. The molecule has 176 valence electrons. The third kappa shape index (κ3) is 5.28. The van der Waals surface area contributed by atoms with Gasteiger partial charge in [0.2, 0.25) is 5.91 Å². The molecule has 0 saturated carbocycles. The summed E-state index contributed by atoms with van der Waals surface area (Å²) in [6, 6.07) is 14.3. The molecule has 2 N–H and O–H groups in total. The number of carbonyl (C=O) groups is 1. The van der Waals surface area contributed by atoms with Crippen LogP contribution in [0.4, 0.5) is 0 Å². The van der Waals surface area contributed by atoms with Crippen molar-refractivity contribution in [2.45, 2.75) is 43.8 Å². The molecule has 4 rings (SSSR count). The Bertz CT molecular complexity index is 1350. The van der Waals surface area contributed by atoms with Gasteiger partial charge in [-0.25, -0.2) is 4.98 Å². The number of rotatable bonds is 9. The molecule has 0 aliphatic carbocycles. The van der Waals surface area contributed by atoms with Gasteiger partial charge in [-0.05, 0) is 43.7 Å². The molecule has 2 heterocycles. The third-order valence-electron chi connectivity index (χ3n) is 5.35. The zero-order chi connectivity index (χ0) is 24.1. The van der Waals surface area contributed by atoms with Gasteiger partial charge in [0.25, 0.3) is 5.56 Å². The molecule has 10 heteroatoms. The molecule has 1 unspecified atom stereocenters. The molecule has 34 heavy (non-hydrogen) atoms. The summed E-state index contributed by atoms with van der Waals surface area (Å²) < 4.78 is 7.12. The van der Waals surface area contributed by atoms with Gasteiger partial charge in [-0.3, -0.25) is 9.59 Å². The number of H-pyrrole nitrogens is 1. The number of aromatic amines is 1. The number of para-hydroxylation sites is 1. The molecule has 0 fully saturated rings. The number of carbonyl (C=O) groups excluding carboxylic acids is 1. The second-order valence-electron chi connectivity index (χ2n) is 7.72. The summed E-state index contributed by atoms with van der Waals surface area (Å²) in [6.45, 7) is 4.53. The van der Waals surface area contributed by atoms with Gasteiger partial charge in [0, 0.05) is 6.54 Å². The monoisotopic (exact) mass is 478 g/mol. The van der Waals surface area contributed by atoms with E-state index >= 15 is 0 Å². The number of fused-ring (bicyclic) bond motifs is 1. The summed E-state index contributed by atoms with van der Waals surface area (Å²) in [5, 5.41) is 12.9. The molecular formula is C24H26N6O3S.